The molecule has 0 fully saturated rings. The molecule has 6 nitrogen and oxygen atoms in total. The van der Waals surface area contributed by atoms with Crippen LogP contribution in [0.25, 0.3) is 0 Å². The Kier molecular flexibility index (Phi) is 57.5. The average Bonchev–Trinajstić information content (AvgIpc) is 3.35. The van der Waals surface area contributed by atoms with Crippen molar-refractivity contribution in [3.05, 3.63) is 24.3 Å². The SMILES string of the molecule is CCCC/C=C\CCCCCCCC(=O)OCCCCCCCCCCCC/C=C\CCCCCCCCCC(=O)NC(CO)C(O)CCCCCCCCCCCCCCCCCCCCCC. The van der Waals surface area contributed by atoms with Gasteiger partial charge in [-0.1, -0.05) is 282 Å². The number of nitrogens with one attached hydrogen (secondary N) is 1. The lowest BCUT2D eigenvalue weighted by molar-refractivity contribution is -0.143. The molecule has 0 heterocycles. The van der Waals surface area contributed by atoms with Gasteiger partial charge in [0.25, 0.3) is 0 Å². The summed E-state index contributed by atoms with van der Waals surface area (Å²) in [5.41, 5.74) is 0. The third-order valence-electron chi connectivity index (χ3n) is 14.5. The molecule has 0 aliphatic heterocycles. The van der Waals surface area contributed by atoms with E-state index in [4.69, 9.17) is 4.74 Å². The Morgan fingerprint density at radius 2 is 0.696 bits per heavy atom. The summed E-state index contributed by atoms with van der Waals surface area (Å²) < 4.78 is 5.45. The second-order valence-corrected chi connectivity index (χ2v) is 21.4. The Bertz CT molecular complexity index is 1080. The summed E-state index contributed by atoms with van der Waals surface area (Å²) in [6.07, 6.45) is 71.9. The molecule has 69 heavy (non-hydrogen) atoms. The van der Waals surface area contributed by atoms with E-state index in [1.165, 1.54) is 263 Å². The summed E-state index contributed by atoms with van der Waals surface area (Å²) in [4.78, 5) is 24.5. The minimum absolute atomic E-state index is 0.00246. The smallest absolute Gasteiger partial charge is 0.305 e. The standard InChI is InChI=1S/C63H121NO5/c1-3-5-7-9-11-13-15-16-17-18-19-23-26-29-32-36-39-43-47-51-55-61(66)60(59-65)64-62(67)56-52-48-44-40-37-33-30-27-24-21-20-22-25-28-31-34-38-42-46-50-54-58-69-63(68)57-53-49-45-41-35-14-12-10-8-6-4-2/h10,12,21,24,60-61,65-66H,3-9,11,13-20,22-23,25-59H2,1-2H3,(H,64,67)/b12-10-,24-21-. The van der Waals surface area contributed by atoms with Crippen LogP contribution in [0.1, 0.15) is 341 Å². The minimum Gasteiger partial charge on any atom is -0.466 e. The Morgan fingerprint density at radius 1 is 0.391 bits per heavy atom. The quantitative estimate of drug-likeness (QED) is 0.0321. The van der Waals surface area contributed by atoms with Gasteiger partial charge in [-0.2, -0.15) is 0 Å². The zero-order chi connectivity index (χ0) is 50.0. The van der Waals surface area contributed by atoms with Gasteiger partial charge in [0.05, 0.1) is 25.4 Å². The first kappa shape index (κ1) is 67.3. The van der Waals surface area contributed by atoms with Gasteiger partial charge in [0.2, 0.25) is 5.91 Å². The topological polar surface area (TPSA) is 95.9 Å². The van der Waals surface area contributed by atoms with Crippen molar-refractivity contribution in [2.24, 2.45) is 0 Å². The van der Waals surface area contributed by atoms with Crippen LogP contribution >= 0.6 is 0 Å². The molecule has 3 N–H and O–H groups in total. The van der Waals surface area contributed by atoms with E-state index in [0.717, 1.165) is 44.9 Å². The van der Waals surface area contributed by atoms with Gasteiger partial charge in [0.1, 0.15) is 0 Å². The first-order valence-corrected chi connectivity index (χ1v) is 31.1. The number of ether oxygens (including phenoxy) is 1. The molecule has 0 spiro atoms. The molecule has 0 bridgehead atoms. The fourth-order valence-corrected chi connectivity index (χ4v) is 9.68. The number of amides is 1. The molecule has 0 aliphatic rings. The van der Waals surface area contributed by atoms with Crippen molar-refractivity contribution in [3.63, 3.8) is 0 Å². The van der Waals surface area contributed by atoms with E-state index in [-0.39, 0.29) is 18.5 Å². The first-order chi connectivity index (χ1) is 34.0. The van der Waals surface area contributed by atoms with Crippen LogP contribution in [0, 0.1) is 0 Å². The van der Waals surface area contributed by atoms with Gasteiger partial charge in [-0.05, 0) is 70.6 Å². The molecule has 0 radical (unpaired) electrons. The Balaban J connectivity index is 3.43. The number of carbonyl (C=O) groups is 2. The highest BCUT2D eigenvalue weighted by atomic mass is 16.5. The molecule has 408 valence electrons. The van der Waals surface area contributed by atoms with Crippen molar-refractivity contribution in [1.82, 2.24) is 5.32 Å². The lowest BCUT2D eigenvalue weighted by Crippen LogP contribution is -2.45. The van der Waals surface area contributed by atoms with Crippen molar-refractivity contribution < 1.29 is 24.5 Å². The predicted molar refractivity (Wildman–Crippen MR) is 301 cm³/mol. The van der Waals surface area contributed by atoms with Gasteiger partial charge in [0.15, 0.2) is 0 Å². The monoisotopic (exact) mass is 972 g/mol. The summed E-state index contributed by atoms with van der Waals surface area (Å²) >= 11 is 0. The number of aliphatic hydroxyl groups is 2. The van der Waals surface area contributed by atoms with Crippen LogP contribution in [-0.4, -0.2) is 47.4 Å². The normalized spacial score (nSPS) is 12.7. The van der Waals surface area contributed by atoms with E-state index >= 15 is 0 Å². The second-order valence-electron chi connectivity index (χ2n) is 21.4. The van der Waals surface area contributed by atoms with Gasteiger partial charge < -0.3 is 20.3 Å². The van der Waals surface area contributed by atoms with Crippen LogP contribution in [0.5, 0.6) is 0 Å². The minimum atomic E-state index is -0.670. The van der Waals surface area contributed by atoms with E-state index < -0.39 is 12.1 Å². The molecule has 2 atom stereocenters. The molecule has 0 aromatic heterocycles. The predicted octanol–water partition coefficient (Wildman–Crippen LogP) is 19.4. The van der Waals surface area contributed by atoms with E-state index in [1.807, 2.05) is 0 Å². The van der Waals surface area contributed by atoms with Crippen molar-refractivity contribution >= 4 is 11.9 Å². The Hall–Kier alpha value is -1.66. The van der Waals surface area contributed by atoms with Gasteiger partial charge >= 0.3 is 5.97 Å². The van der Waals surface area contributed by atoms with E-state index in [2.05, 4.69) is 43.5 Å². The Morgan fingerprint density at radius 3 is 1.07 bits per heavy atom. The van der Waals surface area contributed by atoms with Crippen LogP contribution < -0.4 is 5.32 Å². The summed E-state index contributed by atoms with van der Waals surface area (Å²) in [7, 11) is 0. The number of rotatable bonds is 58. The maximum atomic E-state index is 12.5. The largest absolute Gasteiger partial charge is 0.466 e. The van der Waals surface area contributed by atoms with Crippen LogP contribution in [0.15, 0.2) is 24.3 Å². The van der Waals surface area contributed by atoms with Crippen LogP contribution in [0.2, 0.25) is 0 Å². The number of aliphatic hydroxyl groups excluding tert-OH is 2. The highest BCUT2D eigenvalue weighted by Gasteiger charge is 2.20. The van der Waals surface area contributed by atoms with Crippen LogP contribution in [0.3, 0.4) is 0 Å². The van der Waals surface area contributed by atoms with Crippen molar-refractivity contribution in [1.29, 1.82) is 0 Å². The van der Waals surface area contributed by atoms with Gasteiger partial charge in [0, 0.05) is 12.8 Å². The molecule has 2 unspecified atom stereocenters. The zero-order valence-electron chi connectivity index (χ0n) is 46.6. The summed E-state index contributed by atoms with van der Waals surface area (Å²) in [5, 5.41) is 23.4. The molecular weight excluding hydrogens is 851 g/mol. The number of carbonyl (C=O) groups excluding carboxylic acids is 2. The molecule has 6 heteroatoms. The first-order valence-electron chi connectivity index (χ1n) is 31.1. The zero-order valence-corrected chi connectivity index (χ0v) is 46.6. The average molecular weight is 973 g/mol. The number of hydrogen-bond acceptors (Lipinski definition) is 5. The maximum absolute atomic E-state index is 12.5. The van der Waals surface area contributed by atoms with Crippen molar-refractivity contribution in [2.45, 2.75) is 353 Å². The number of allylic oxidation sites excluding steroid dienone is 4. The van der Waals surface area contributed by atoms with E-state index in [9.17, 15) is 19.8 Å². The molecular formula is C63H121NO5. The molecule has 0 aromatic carbocycles. The number of unbranched alkanes of at least 4 members (excludes halogenated alkanes) is 43. The maximum Gasteiger partial charge on any atom is 0.305 e. The fraction of sp³-hybridized carbons (Fsp3) is 0.905. The molecule has 0 rings (SSSR count). The lowest BCUT2D eigenvalue weighted by Gasteiger charge is -2.22. The summed E-state index contributed by atoms with van der Waals surface area (Å²) in [5.74, 6) is -0.0422. The molecule has 1 amide bonds. The van der Waals surface area contributed by atoms with Crippen molar-refractivity contribution in [2.75, 3.05) is 13.2 Å². The summed E-state index contributed by atoms with van der Waals surface area (Å²) in [6.45, 7) is 4.93. The van der Waals surface area contributed by atoms with Gasteiger partial charge in [-0.15, -0.1) is 0 Å². The van der Waals surface area contributed by atoms with Crippen LogP contribution in [0.4, 0.5) is 0 Å². The number of esters is 1. The van der Waals surface area contributed by atoms with Crippen LogP contribution in [-0.2, 0) is 14.3 Å². The molecule has 0 aliphatic carbocycles. The summed E-state index contributed by atoms with van der Waals surface area (Å²) in [6, 6.07) is -0.548. The third-order valence-corrected chi connectivity index (χ3v) is 14.5. The van der Waals surface area contributed by atoms with Gasteiger partial charge in [-0.3, -0.25) is 9.59 Å². The molecule has 0 aromatic rings. The Labute approximate surface area is 431 Å². The molecule has 0 saturated carbocycles. The van der Waals surface area contributed by atoms with E-state index in [0.29, 0.717) is 25.9 Å². The highest BCUT2D eigenvalue weighted by molar-refractivity contribution is 5.76. The second kappa shape index (κ2) is 58.9. The van der Waals surface area contributed by atoms with Crippen molar-refractivity contribution in [3.8, 4) is 0 Å². The van der Waals surface area contributed by atoms with Gasteiger partial charge in [-0.25, -0.2) is 0 Å². The van der Waals surface area contributed by atoms with E-state index in [1.54, 1.807) is 0 Å². The fourth-order valence-electron chi connectivity index (χ4n) is 9.68. The number of hydrogen-bond donors (Lipinski definition) is 3. The molecule has 0 saturated heterocycles. The third kappa shape index (κ3) is 55.5. The lowest BCUT2D eigenvalue weighted by atomic mass is 10.0. The highest BCUT2D eigenvalue weighted by Crippen LogP contribution is 2.18.